The Labute approximate surface area is 76.9 Å². The van der Waals surface area contributed by atoms with Gasteiger partial charge in [-0.15, -0.1) is 0 Å². The van der Waals surface area contributed by atoms with Gasteiger partial charge >= 0.3 is 11.9 Å². The van der Waals surface area contributed by atoms with Crippen molar-refractivity contribution in [2.75, 3.05) is 0 Å². The minimum absolute atomic E-state index is 0.0473. The van der Waals surface area contributed by atoms with Gasteiger partial charge in [0.25, 0.3) is 0 Å². The predicted octanol–water partition coefficient (Wildman–Crippen LogP) is 0.130. The second kappa shape index (κ2) is 5.53. The fourth-order valence-electron chi connectivity index (χ4n) is 0.719. The third-order valence-corrected chi connectivity index (χ3v) is 1.34. The number of hydrogen-bond donors (Lipinski definition) is 2. The van der Waals surface area contributed by atoms with Crippen LogP contribution in [0.5, 0.6) is 0 Å². The molecule has 3 N–H and O–H groups in total. The molecule has 13 heavy (non-hydrogen) atoms. The highest BCUT2D eigenvalue weighted by molar-refractivity contribution is 5.75. The highest BCUT2D eigenvalue weighted by atomic mass is 16.5. The number of nitrogens with two attached hydrogens (primary N) is 1. The van der Waals surface area contributed by atoms with Crippen molar-refractivity contribution in [1.29, 1.82) is 0 Å². The summed E-state index contributed by atoms with van der Waals surface area (Å²) >= 11 is 0. The Morgan fingerprint density at radius 3 is 2.38 bits per heavy atom. The topological polar surface area (TPSA) is 89.6 Å². The zero-order valence-electron chi connectivity index (χ0n) is 7.82. The van der Waals surface area contributed by atoms with E-state index in [-0.39, 0.29) is 18.9 Å². The number of carboxylic acid groups (broad SMARTS) is 1. The molecule has 0 rings (SSSR count). The van der Waals surface area contributed by atoms with E-state index in [0.29, 0.717) is 0 Å². The van der Waals surface area contributed by atoms with Gasteiger partial charge in [0, 0.05) is 6.42 Å². The molecule has 0 fully saturated rings. The monoisotopic (exact) mass is 189 g/mol. The van der Waals surface area contributed by atoms with Crippen LogP contribution in [-0.4, -0.2) is 29.2 Å². The first-order valence-corrected chi connectivity index (χ1v) is 4.11. The lowest BCUT2D eigenvalue weighted by Crippen LogP contribution is -2.30. The Morgan fingerprint density at radius 2 is 2.00 bits per heavy atom. The molecule has 0 bridgehead atoms. The van der Waals surface area contributed by atoms with Crippen LogP contribution in [0, 0.1) is 0 Å². The molecule has 5 nitrogen and oxygen atoms in total. The molecule has 0 aliphatic heterocycles. The fraction of sp³-hybridized carbons (Fsp3) is 0.750. The van der Waals surface area contributed by atoms with Crippen LogP contribution in [0.15, 0.2) is 0 Å². The molecule has 0 aliphatic rings. The second-order valence-corrected chi connectivity index (χ2v) is 3.02. The second-order valence-electron chi connectivity index (χ2n) is 3.02. The van der Waals surface area contributed by atoms with Crippen molar-refractivity contribution in [2.45, 2.75) is 38.8 Å². The van der Waals surface area contributed by atoms with Gasteiger partial charge in [0.2, 0.25) is 0 Å². The molecule has 0 unspecified atom stereocenters. The van der Waals surface area contributed by atoms with Crippen molar-refractivity contribution in [1.82, 2.24) is 0 Å². The quantitative estimate of drug-likeness (QED) is 0.600. The molecular weight excluding hydrogens is 174 g/mol. The Kier molecular flexibility index (Phi) is 5.06. The molecule has 1 atom stereocenters. The molecule has 0 saturated heterocycles. The fourth-order valence-corrected chi connectivity index (χ4v) is 0.719. The number of rotatable bonds is 5. The van der Waals surface area contributed by atoms with Gasteiger partial charge in [-0.25, -0.2) is 0 Å². The summed E-state index contributed by atoms with van der Waals surface area (Å²) in [5, 5.41) is 8.40. The third-order valence-electron chi connectivity index (χ3n) is 1.34. The maximum atomic E-state index is 10.9. The van der Waals surface area contributed by atoms with Crippen LogP contribution in [0.25, 0.3) is 0 Å². The van der Waals surface area contributed by atoms with Crippen molar-refractivity contribution in [2.24, 2.45) is 5.73 Å². The number of carboxylic acids is 1. The summed E-state index contributed by atoms with van der Waals surface area (Å²) in [6.45, 7) is 3.46. The number of ether oxygens (including phenoxy) is 1. The van der Waals surface area contributed by atoms with Crippen molar-refractivity contribution in [3.8, 4) is 0 Å². The van der Waals surface area contributed by atoms with E-state index in [1.807, 2.05) is 0 Å². The zero-order valence-corrected chi connectivity index (χ0v) is 7.82. The van der Waals surface area contributed by atoms with Gasteiger partial charge in [-0.1, -0.05) is 0 Å². The van der Waals surface area contributed by atoms with E-state index >= 15 is 0 Å². The van der Waals surface area contributed by atoms with Gasteiger partial charge in [-0.2, -0.15) is 0 Å². The summed E-state index contributed by atoms with van der Waals surface area (Å²) in [5.74, 6) is -1.51. The average Bonchev–Trinajstić information content (AvgIpc) is 1.98. The molecule has 0 radical (unpaired) electrons. The molecular formula is C8H15NO4. The maximum absolute atomic E-state index is 10.9. The molecule has 5 heteroatoms. The summed E-state index contributed by atoms with van der Waals surface area (Å²) in [4.78, 5) is 21.2. The van der Waals surface area contributed by atoms with Crippen LogP contribution in [0.2, 0.25) is 0 Å². The summed E-state index contributed by atoms with van der Waals surface area (Å²) in [7, 11) is 0. The minimum Gasteiger partial charge on any atom is -0.480 e. The van der Waals surface area contributed by atoms with Crippen LogP contribution in [-0.2, 0) is 14.3 Å². The minimum atomic E-state index is -1.10. The summed E-state index contributed by atoms with van der Waals surface area (Å²) in [6, 6.07) is -0.986. The number of hydrogen-bond acceptors (Lipinski definition) is 4. The van der Waals surface area contributed by atoms with E-state index in [9.17, 15) is 9.59 Å². The normalized spacial score (nSPS) is 12.6. The number of aliphatic carboxylic acids is 1. The Hall–Kier alpha value is -1.10. The van der Waals surface area contributed by atoms with E-state index in [0.717, 1.165) is 0 Å². The van der Waals surface area contributed by atoms with Crippen LogP contribution < -0.4 is 5.73 Å². The van der Waals surface area contributed by atoms with Gasteiger partial charge in [0.1, 0.15) is 6.04 Å². The first kappa shape index (κ1) is 11.9. The average molecular weight is 189 g/mol. The van der Waals surface area contributed by atoms with Crippen molar-refractivity contribution in [3.63, 3.8) is 0 Å². The van der Waals surface area contributed by atoms with Gasteiger partial charge in [0.15, 0.2) is 0 Å². The van der Waals surface area contributed by atoms with Gasteiger partial charge in [-0.05, 0) is 20.3 Å². The van der Waals surface area contributed by atoms with E-state index in [2.05, 4.69) is 0 Å². The molecule has 76 valence electrons. The Morgan fingerprint density at radius 1 is 1.46 bits per heavy atom. The molecule has 0 aromatic heterocycles. The highest BCUT2D eigenvalue weighted by Crippen LogP contribution is 1.99. The Bertz CT molecular complexity index is 191. The molecule has 0 heterocycles. The summed E-state index contributed by atoms with van der Waals surface area (Å²) in [5.41, 5.74) is 5.19. The van der Waals surface area contributed by atoms with Crippen LogP contribution in [0.4, 0.5) is 0 Å². The lowest BCUT2D eigenvalue weighted by Gasteiger charge is -2.08. The smallest absolute Gasteiger partial charge is 0.320 e. The van der Waals surface area contributed by atoms with E-state index in [1.54, 1.807) is 13.8 Å². The molecule has 0 aromatic carbocycles. The first-order valence-electron chi connectivity index (χ1n) is 4.11. The third kappa shape index (κ3) is 6.10. The standard InChI is InChI=1S/C8H15NO4/c1-5(2)13-7(10)4-3-6(9)8(11)12/h5-6H,3-4,9H2,1-2H3,(H,11,12)/t6-/m1/s1. The van der Waals surface area contributed by atoms with Crippen molar-refractivity contribution >= 4 is 11.9 Å². The van der Waals surface area contributed by atoms with Crippen molar-refractivity contribution in [3.05, 3.63) is 0 Å². The lowest BCUT2D eigenvalue weighted by molar-refractivity contribution is -0.147. The maximum Gasteiger partial charge on any atom is 0.320 e. The van der Waals surface area contributed by atoms with E-state index in [1.165, 1.54) is 0 Å². The molecule has 0 saturated carbocycles. The van der Waals surface area contributed by atoms with Crippen LogP contribution in [0.1, 0.15) is 26.7 Å². The SMILES string of the molecule is CC(C)OC(=O)CC[C@@H](N)C(=O)O. The van der Waals surface area contributed by atoms with Gasteiger partial charge in [0.05, 0.1) is 6.10 Å². The van der Waals surface area contributed by atoms with Crippen LogP contribution >= 0.6 is 0 Å². The number of carbonyl (C=O) groups excluding carboxylic acids is 1. The predicted molar refractivity (Wildman–Crippen MR) is 46.1 cm³/mol. The largest absolute Gasteiger partial charge is 0.480 e. The first-order chi connectivity index (χ1) is 5.93. The molecule has 0 amide bonds. The van der Waals surface area contributed by atoms with E-state index < -0.39 is 18.0 Å². The number of esters is 1. The molecule has 0 aliphatic carbocycles. The highest BCUT2D eigenvalue weighted by Gasteiger charge is 2.14. The van der Waals surface area contributed by atoms with Gasteiger partial charge in [-0.3, -0.25) is 9.59 Å². The summed E-state index contributed by atoms with van der Waals surface area (Å²) < 4.78 is 4.79. The summed E-state index contributed by atoms with van der Waals surface area (Å²) in [6.07, 6.45) is -0.0134. The van der Waals surface area contributed by atoms with Gasteiger partial charge < -0.3 is 15.6 Å². The lowest BCUT2D eigenvalue weighted by atomic mass is 10.2. The molecule has 0 spiro atoms. The van der Waals surface area contributed by atoms with E-state index in [4.69, 9.17) is 15.6 Å². The zero-order chi connectivity index (χ0) is 10.4. The molecule has 0 aromatic rings. The Balaban J connectivity index is 3.64. The van der Waals surface area contributed by atoms with Crippen molar-refractivity contribution < 1.29 is 19.4 Å². The number of carbonyl (C=O) groups is 2. The van der Waals surface area contributed by atoms with Crippen LogP contribution in [0.3, 0.4) is 0 Å².